The Bertz CT molecular complexity index is 536. The van der Waals surface area contributed by atoms with Crippen molar-refractivity contribution in [2.45, 2.75) is 18.9 Å². The summed E-state index contributed by atoms with van der Waals surface area (Å²) in [6, 6.07) is 7.48. The van der Waals surface area contributed by atoms with Crippen LogP contribution >= 0.6 is 15.9 Å². The van der Waals surface area contributed by atoms with E-state index in [-0.39, 0.29) is 18.6 Å². The third kappa shape index (κ3) is 5.99. The van der Waals surface area contributed by atoms with Crippen LogP contribution in [0.15, 0.2) is 34.8 Å². The van der Waals surface area contributed by atoms with E-state index in [0.717, 1.165) is 29.5 Å². The van der Waals surface area contributed by atoms with Crippen molar-refractivity contribution >= 4 is 33.9 Å². The summed E-state index contributed by atoms with van der Waals surface area (Å²) in [4.78, 5) is 23.1. The smallest absolute Gasteiger partial charge is 0.331 e. The van der Waals surface area contributed by atoms with Crippen LogP contribution in [-0.4, -0.2) is 37.7 Å². The van der Waals surface area contributed by atoms with Crippen molar-refractivity contribution in [1.82, 2.24) is 5.32 Å². The molecule has 1 amide bonds. The summed E-state index contributed by atoms with van der Waals surface area (Å²) in [5.74, 6) is -0.865. The predicted molar refractivity (Wildman–Crippen MR) is 86.1 cm³/mol. The Morgan fingerprint density at radius 2 is 2.14 bits per heavy atom. The van der Waals surface area contributed by atoms with E-state index < -0.39 is 5.97 Å². The van der Waals surface area contributed by atoms with E-state index in [1.54, 1.807) is 6.08 Å². The molecule has 22 heavy (non-hydrogen) atoms. The molecule has 0 aliphatic carbocycles. The van der Waals surface area contributed by atoms with Crippen molar-refractivity contribution in [3.63, 3.8) is 0 Å². The summed E-state index contributed by atoms with van der Waals surface area (Å²) < 4.78 is 11.2. The van der Waals surface area contributed by atoms with Gasteiger partial charge >= 0.3 is 5.97 Å². The van der Waals surface area contributed by atoms with Crippen LogP contribution in [0.1, 0.15) is 18.4 Å². The van der Waals surface area contributed by atoms with Gasteiger partial charge in [0, 0.05) is 23.7 Å². The zero-order chi connectivity index (χ0) is 15.8. The minimum atomic E-state index is -0.546. The lowest BCUT2D eigenvalue weighted by molar-refractivity contribution is -0.143. The van der Waals surface area contributed by atoms with Crippen LogP contribution in [0.3, 0.4) is 0 Å². The van der Waals surface area contributed by atoms with Crippen molar-refractivity contribution in [2.24, 2.45) is 0 Å². The summed E-state index contributed by atoms with van der Waals surface area (Å²) in [5.41, 5.74) is 0.878. The van der Waals surface area contributed by atoms with E-state index in [2.05, 4.69) is 21.2 Å². The lowest BCUT2D eigenvalue weighted by Gasteiger charge is -2.10. The van der Waals surface area contributed by atoms with E-state index in [9.17, 15) is 9.59 Å². The second kappa shape index (κ2) is 8.70. The van der Waals surface area contributed by atoms with Gasteiger partial charge in [-0.15, -0.1) is 0 Å². The van der Waals surface area contributed by atoms with Gasteiger partial charge in [-0.05, 0) is 36.6 Å². The van der Waals surface area contributed by atoms with Crippen molar-refractivity contribution in [2.75, 3.05) is 19.8 Å². The van der Waals surface area contributed by atoms with Gasteiger partial charge in [0.25, 0.3) is 5.91 Å². The molecule has 5 nitrogen and oxygen atoms in total. The van der Waals surface area contributed by atoms with Crippen molar-refractivity contribution in [1.29, 1.82) is 0 Å². The van der Waals surface area contributed by atoms with Crippen LogP contribution in [0.25, 0.3) is 6.08 Å². The molecule has 1 aromatic carbocycles. The standard InChI is InChI=1S/C16H18BrNO4/c17-13-6-3-12(4-7-13)5-8-16(20)22-11-15(19)18-10-14-2-1-9-21-14/h3-8,14H,1-2,9-11H2,(H,18,19)/b8-5+/t14-/m1/s1. The van der Waals surface area contributed by atoms with Crippen molar-refractivity contribution in [3.8, 4) is 0 Å². The number of rotatable bonds is 6. The molecule has 0 aromatic heterocycles. The van der Waals surface area contributed by atoms with Gasteiger partial charge in [0.05, 0.1) is 6.10 Å². The third-order valence-electron chi connectivity index (χ3n) is 3.18. The zero-order valence-electron chi connectivity index (χ0n) is 12.1. The maximum atomic E-state index is 11.5. The van der Waals surface area contributed by atoms with Gasteiger partial charge in [-0.2, -0.15) is 0 Å². The van der Waals surface area contributed by atoms with Gasteiger partial charge in [-0.1, -0.05) is 28.1 Å². The highest BCUT2D eigenvalue weighted by Crippen LogP contribution is 2.11. The van der Waals surface area contributed by atoms with Crippen LogP contribution in [0, 0.1) is 0 Å². The molecule has 118 valence electrons. The largest absolute Gasteiger partial charge is 0.452 e. The van der Waals surface area contributed by atoms with E-state index in [0.29, 0.717) is 6.54 Å². The topological polar surface area (TPSA) is 64.6 Å². The zero-order valence-corrected chi connectivity index (χ0v) is 13.7. The van der Waals surface area contributed by atoms with Gasteiger partial charge in [-0.25, -0.2) is 4.79 Å². The molecule has 0 spiro atoms. The second-order valence-corrected chi connectivity index (χ2v) is 5.85. The van der Waals surface area contributed by atoms with Gasteiger partial charge in [0.1, 0.15) is 0 Å². The quantitative estimate of drug-likeness (QED) is 0.618. The first-order valence-electron chi connectivity index (χ1n) is 7.12. The molecule has 6 heteroatoms. The predicted octanol–water partition coefficient (Wildman–Crippen LogP) is 2.30. The number of carbonyl (C=O) groups is 2. The fourth-order valence-electron chi connectivity index (χ4n) is 2.01. The number of benzene rings is 1. The van der Waals surface area contributed by atoms with E-state index >= 15 is 0 Å². The number of halogens is 1. The Morgan fingerprint density at radius 3 is 2.82 bits per heavy atom. The summed E-state index contributed by atoms with van der Waals surface area (Å²) in [6.07, 6.45) is 5.00. The van der Waals surface area contributed by atoms with Gasteiger partial charge in [-0.3, -0.25) is 4.79 Å². The fourth-order valence-corrected chi connectivity index (χ4v) is 2.27. The maximum Gasteiger partial charge on any atom is 0.331 e. The normalized spacial score (nSPS) is 17.6. The minimum absolute atomic E-state index is 0.0805. The molecule has 0 unspecified atom stereocenters. The molecule has 0 radical (unpaired) electrons. The molecular formula is C16H18BrNO4. The Hall–Kier alpha value is -1.66. The molecule has 1 aliphatic rings. The lowest BCUT2D eigenvalue weighted by Crippen LogP contribution is -2.34. The number of ether oxygens (including phenoxy) is 2. The molecular weight excluding hydrogens is 350 g/mol. The van der Waals surface area contributed by atoms with Gasteiger partial charge < -0.3 is 14.8 Å². The molecule has 1 atom stereocenters. The molecule has 1 N–H and O–H groups in total. The molecule has 1 heterocycles. The highest BCUT2D eigenvalue weighted by molar-refractivity contribution is 9.10. The molecule has 2 rings (SSSR count). The third-order valence-corrected chi connectivity index (χ3v) is 3.71. The first kappa shape index (κ1) is 16.7. The number of nitrogens with one attached hydrogen (secondary N) is 1. The van der Waals surface area contributed by atoms with E-state index in [1.807, 2.05) is 24.3 Å². The number of hydrogen-bond donors (Lipinski definition) is 1. The molecule has 1 aliphatic heterocycles. The monoisotopic (exact) mass is 367 g/mol. The lowest BCUT2D eigenvalue weighted by atomic mass is 10.2. The van der Waals surface area contributed by atoms with Crippen molar-refractivity contribution < 1.29 is 19.1 Å². The molecule has 1 aromatic rings. The average Bonchev–Trinajstić information content (AvgIpc) is 3.04. The van der Waals surface area contributed by atoms with Gasteiger partial charge in [0.15, 0.2) is 6.61 Å². The summed E-state index contributed by atoms with van der Waals surface area (Å²) in [7, 11) is 0. The van der Waals surface area contributed by atoms with Crippen LogP contribution in [0.2, 0.25) is 0 Å². The maximum absolute atomic E-state index is 11.5. The molecule has 0 bridgehead atoms. The Balaban J connectivity index is 1.66. The van der Waals surface area contributed by atoms with Gasteiger partial charge in [0.2, 0.25) is 0 Å². The number of amides is 1. The summed E-state index contributed by atoms with van der Waals surface area (Å²) in [6.45, 7) is 0.928. The summed E-state index contributed by atoms with van der Waals surface area (Å²) >= 11 is 3.34. The molecule has 1 fully saturated rings. The van der Waals surface area contributed by atoms with Crippen molar-refractivity contribution in [3.05, 3.63) is 40.4 Å². The second-order valence-electron chi connectivity index (χ2n) is 4.93. The molecule has 0 saturated carbocycles. The number of carbonyl (C=O) groups excluding carboxylic acids is 2. The number of hydrogen-bond acceptors (Lipinski definition) is 4. The van der Waals surface area contributed by atoms with E-state index in [4.69, 9.17) is 9.47 Å². The SMILES string of the molecule is O=C(COC(=O)/C=C/c1ccc(Br)cc1)NC[C@H]1CCCO1. The Morgan fingerprint density at radius 1 is 1.36 bits per heavy atom. The van der Waals surface area contributed by atoms with E-state index in [1.165, 1.54) is 6.08 Å². The first-order chi connectivity index (χ1) is 10.6. The summed E-state index contributed by atoms with van der Waals surface area (Å²) in [5, 5.41) is 2.69. The fraction of sp³-hybridized carbons (Fsp3) is 0.375. The molecule has 1 saturated heterocycles. The average molecular weight is 368 g/mol. The minimum Gasteiger partial charge on any atom is -0.452 e. The van der Waals surface area contributed by atoms with Crippen LogP contribution in [0.5, 0.6) is 0 Å². The first-order valence-corrected chi connectivity index (χ1v) is 7.91. The number of esters is 1. The Kier molecular flexibility index (Phi) is 6.61. The Labute approximate surface area is 137 Å². The van der Waals surface area contributed by atoms with Crippen LogP contribution in [-0.2, 0) is 19.1 Å². The highest BCUT2D eigenvalue weighted by atomic mass is 79.9. The van der Waals surface area contributed by atoms with Crippen LogP contribution < -0.4 is 5.32 Å². The van der Waals surface area contributed by atoms with Crippen LogP contribution in [0.4, 0.5) is 0 Å². The highest BCUT2D eigenvalue weighted by Gasteiger charge is 2.16.